The molecule has 1 aliphatic heterocycles. The molecule has 0 unspecified atom stereocenters. The highest BCUT2D eigenvalue weighted by Gasteiger charge is 2.22. The maximum Gasteiger partial charge on any atom is 0.250 e. The number of hydrogen-bond donors (Lipinski definition) is 1. The van der Waals surface area contributed by atoms with Crippen molar-refractivity contribution in [3.8, 4) is 11.5 Å². The Morgan fingerprint density at radius 3 is 2.91 bits per heavy atom. The minimum atomic E-state index is -0.279. The van der Waals surface area contributed by atoms with Crippen LogP contribution in [0.4, 0.5) is 5.13 Å². The summed E-state index contributed by atoms with van der Waals surface area (Å²) in [6, 6.07) is 13.6. The van der Waals surface area contributed by atoms with E-state index in [9.17, 15) is 4.79 Å². The fraction of sp³-hybridized carbons (Fsp3) is 0.292. The lowest BCUT2D eigenvalue weighted by Crippen LogP contribution is -2.07. The largest absolute Gasteiger partial charge is 0.493 e. The number of benzene rings is 2. The zero-order valence-corrected chi connectivity index (χ0v) is 18.9. The Balaban J connectivity index is 1.36. The summed E-state index contributed by atoms with van der Waals surface area (Å²) in [6.45, 7) is 3.25. The van der Waals surface area contributed by atoms with E-state index in [0.29, 0.717) is 23.2 Å². The van der Waals surface area contributed by atoms with E-state index < -0.39 is 0 Å². The summed E-state index contributed by atoms with van der Waals surface area (Å²) < 4.78 is 17.0. The number of nitrogens with zero attached hydrogens (tertiary/aromatic N) is 2. The molecule has 1 aliphatic rings. The number of nitrogens with one attached hydrogen (secondary N) is 1. The quantitative estimate of drug-likeness (QED) is 0.489. The van der Waals surface area contributed by atoms with Crippen LogP contribution in [0, 0.1) is 6.92 Å². The van der Waals surface area contributed by atoms with E-state index in [1.807, 2.05) is 36.4 Å². The monoisotopic (exact) mass is 451 g/mol. The van der Waals surface area contributed by atoms with Crippen molar-refractivity contribution in [3.63, 3.8) is 0 Å². The average molecular weight is 452 g/mol. The summed E-state index contributed by atoms with van der Waals surface area (Å²) in [4.78, 5) is 12.3. The van der Waals surface area contributed by atoms with Gasteiger partial charge in [0.25, 0.3) is 0 Å². The second kappa shape index (κ2) is 10.4. The van der Waals surface area contributed by atoms with Crippen molar-refractivity contribution in [3.05, 3.63) is 70.2 Å². The lowest BCUT2D eigenvalue weighted by atomic mass is 10.1. The van der Waals surface area contributed by atoms with Gasteiger partial charge in [0, 0.05) is 12.7 Å². The number of carbonyl (C=O) groups excluding carboxylic acids is 1. The highest BCUT2D eigenvalue weighted by atomic mass is 32.1. The average Bonchev–Trinajstić information content (AvgIpc) is 3.49. The number of aryl methyl sites for hydroxylation is 1. The highest BCUT2D eigenvalue weighted by molar-refractivity contribution is 7.15. The van der Waals surface area contributed by atoms with Crippen molar-refractivity contribution < 1.29 is 19.0 Å². The molecule has 166 valence electrons. The molecule has 4 rings (SSSR count). The van der Waals surface area contributed by atoms with Gasteiger partial charge < -0.3 is 14.2 Å². The third-order valence-electron chi connectivity index (χ3n) is 5.14. The van der Waals surface area contributed by atoms with Crippen molar-refractivity contribution in [2.24, 2.45) is 0 Å². The Bertz CT molecular complexity index is 1110. The predicted molar refractivity (Wildman–Crippen MR) is 124 cm³/mol. The van der Waals surface area contributed by atoms with Crippen molar-refractivity contribution in [2.45, 2.75) is 32.5 Å². The molecule has 1 N–H and O–H groups in total. The van der Waals surface area contributed by atoms with Crippen molar-refractivity contribution in [2.75, 3.05) is 19.0 Å². The molecule has 0 saturated carbocycles. The smallest absolute Gasteiger partial charge is 0.250 e. The number of carbonyl (C=O) groups is 1. The molecule has 7 nitrogen and oxygen atoms in total. The molecule has 1 saturated heterocycles. The first kappa shape index (κ1) is 22.0. The molecule has 1 fully saturated rings. The fourth-order valence-corrected chi connectivity index (χ4v) is 4.17. The van der Waals surface area contributed by atoms with Gasteiger partial charge in [0.1, 0.15) is 17.7 Å². The topological polar surface area (TPSA) is 82.6 Å². The summed E-state index contributed by atoms with van der Waals surface area (Å²) in [5.41, 5.74) is 3.11. The molecule has 0 spiro atoms. The minimum absolute atomic E-state index is 0.00676. The number of amides is 1. The van der Waals surface area contributed by atoms with E-state index in [4.69, 9.17) is 14.2 Å². The molecule has 1 atom stereocenters. The second-order valence-corrected chi connectivity index (χ2v) is 8.40. The third-order valence-corrected chi connectivity index (χ3v) is 6.07. The van der Waals surface area contributed by atoms with Gasteiger partial charge in [-0.15, -0.1) is 10.2 Å². The zero-order chi connectivity index (χ0) is 22.3. The van der Waals surface area contributed by atoms with Gasteiger partial charge in [0.15, 0.2) is 11.5 Å². The van der Waals surface area contributed by atoms with Crippen LogP contribution < -0.4 is 14.8 Å². The normalized spacial score (nSPS) is 15.8. The number of rotatable bonds is 8. The van der Waals surface area contributed by atoms with Crippen LogP contribution in [0.25, 0.3) is 6.08 Å². The number of aromatic nitrogens is 2. The van der Waals surface area contributed by atoms with E-state index >= 15 is 0 Å². The Kier molecular flexibility index (Phi) is 7.14. The maximum atomic E-state index is 12.3. The van der Waals surface area contributed by atoms with Crippen molar-refractivity contribution >= 4 is 28.5 Å². The van der Waals surface area contributed by atoms with E-state index in [0.717, 1.165) is 35.6 Å². The lowest BCUT2D eigenvalue weighted by Gasteiger charge is -2.12. The Hall–Kier alpha value is -3.23. The number of ether oxygens (including phenoxy) is 3. The second-order valence-electron chi connectivity index (χ2n) is 7.40. The first-order chi connectivity index (χ1) is 15.6. The van der Waals surface area contributed by atoms with E-state index in [1.54, 1.807) is 13.2 Å². The maximum absolute atomic E-state index is 12.3. The van der Waals surface area contributed by atoms with Crippen LogP contribution in [0.5, 0.6) is 11.5 Å². The first-order valence-corrected chi connectivity index (χ1v) is 11.2. The van der Waals surface area contributed by atoms with Gasteiger partial charge in [-0.2, -0.15) is 0 Å². The Morgan fingerprint density at radius 1 is 1.25 bits per heavy atom. The molecular formula is C24H25N3O4S. The van der Waals surface area contributed by atoms with Crippen LogP contribution in [-0.4, -0.2) is 29.8 Å². The third kappa shape index (κ3) is 5.52. The minimum Gasteiger partial charge on any atom is -0.493 e. The van der Waals surface area contributed by atoms with Crippen LogP contribution in [0.1, 0.15) is 40.6 Å². The zero-order valence-electron chi connectivity index (χ0n) is 18.0. The van der Waals surface area contributed by atoms with E-state index in [-0.39, 0.29) is 12.0 Å². The highest BCUT2D eigenvalue weighted by Crippen LogP contribution is 2.32. The summed E-state index contributed by atoms with van der Waals surface area (Å²) in [5, 5.41) is 12.2. The summed E-state index contributed by atoms with van der Waals surface area (Å²) in [6.07, 6.45) is 5.12. The van der Waals surface area contributed by atoms with Crippen LogP contribution in [-0.2, 0) is 16.1 Å². The molecule has 2 heterocycles. The van der Waals surface area contributed by atoms with Gasteiger partial charge in [-0.3, -0.25) is 10.1 Å². The molecule has 8 heteroatoms. The van der Waals surface area contributed by atoms with Crippen LogP contribution in [0.2, 0.25) is 0 Å². The molecule has 1 aromatic heterocycles. The summed E-state index contributed by atoms with van der Waals surface area (Å²) in [5.74, 6) is 0.971. The van der Waals surface area contributed by atoms with Gasteiger partial charge in [-0.05, 0) is 54.7 Å². The number of anilines is 1. The van der Waals surface area contributed by atoms with Gasteiger partial charge in [0.05, 0.1) is 7.11 Å². The molecule has 0 bridgehead atoms. The van der Waals surface area contributed by atoms with E-state index in [1.165, 1.54) is 23.0 Å². The molecule has 1 amide bonds. The Labute approximate surface area is 191 Å². The van der Waals surface area contributed by atoms with Crippen molar-refractivity contribution in [1.29, 1.82) is 0 Å². The standard InChI is InChI=1S/C24H25N3O4S/c1-16-6-3-4-7-18(16)15-31-19-11-9-17(14-21(19)29-2)10-12-22(28)25-24-27-26-23(32-24)20-8-5-13-30-20/h3-4,6-7,9-12,14,20H,5,8,13,15H2,1-2H3,(H,25,27,28)/b12-10+/t20-/m1/s1. The van der Waals surface area contributed by atoms with Gasteiger partial charge in [0.2, 0.25) is 11.0 Å². The molecule has 32 heavy (non-hydrogen) atoms. The molecule has 3 aromatic rings. The van der Waals surface area contributed by atoms with Crippen molar-refractivity contribution in [1.82, 2.24) is 10.2 Å². The van der Waals surface area contributed by atoms with E-state index in [2.05, 4.69) is 28.5 Å². The number of hydrogen-bond acceptors (Lipinski definition) is 7. The van der Waals surface area contributed by atoms with Crippen LogP contribution >= 0.6 is 11.3 Å². The lowest BCUT2D eigenvalue weighted by molar-refractivity contribution is -0.111. The van der Waals surface area contributed by atoms with Gasteiger partial charge in [-0.25, -0.2) is 0 Å². The first-order valence-electron chi connectivity index (χ1n) is 10.4. The Morgan fingerprint density at radius 2 is 2.12 bits per heavy atom. The van der Waals surface area contributed by atoms with Gasteiger partial charge in [-0.1, -0.05) is 41.7 Å². The van der Waals surface area contributed by atoms with Crippen LogP contribution in [0.15, 0.2) is 48.5 Å². The molecule has 2 aromatic carbocycles. The SMILES string of the molecule is COc1cc(/C=C/C(=O)Nc2nnc([C@H]3CCCO3)s2)ccc1OCc1ccccc1C. The van der Waals surface area contributed by atoms with Crippen LogP contribution in [0.3, 0.4) is 0 Å². The summed E-state index contributed by atoms with van der Waals surface area (Å²) in [7, 11) is 1.59. The summed E-state index contributed by atoms with van der Waals surface area (Å²) >= 11 is 1.34. The molecule has 0 aliphatic carbocycles. The van der Waals surface area contributed by atoms with Gasteiger partial charge >= 0.3 is 0 Å². The molecule has 0 radical (unpaired) electrons. The number of methoxy groups -OCH3 is 1. The molecular weight excluding hydrogens is 426 g/mol. The predicted octanol–water partition coefficient (Wildman–Crippen LogP) is 4.94. The fourth-order valence-electron chi connectivity index (χ4n) is 3.34.